The predicted octanol–water partition coefficient (Wildman–Crippen LogP) is 2.55. The fourth-order valence-corrected chi connectivity index (χ4v) is 1.57. The Morgan fingerprint density at radius 1 is 1.56 bits per heavy atom. The van der Waals surface area contributed by atoms with Crippen molar-refractivity contribution < 1.29 is 14.4 Å². The summed E-state index contributed by atoms with van der Waals surface area (Å²) in [6.45, 7) is 2.55. The van der Waals surface area contributed by atoms with Crippen LogP contribution in [0.3, 0.4) is 0 Å². The Hall–Kier alpha value is -1.69. The third kappa shape index (κ3) is 4.29. The summed E-state index contributed by atoms with van der Waals surface area (Å²) in [5, 5.41) is 22.4. The van der Waals surface area contributed by atoms with Crippen LogP contribution in [-0.2, 0) is 0 Å². The van der Waals surface area contributed by atoms with Gasteiger partial charge in [0.2, 0.25) is 0 Å². The van der Waals surface area contributed by atoms with Gasteiger partial charge in [-0.15, -0.1) is 0 Å². The molecule has 0 aromatic heterocycles. The quantitative estimate of drug-likeness (QED) is 0.446. The second-order valence-electron chi connectivity index (χ2n) is 4.28. The predicted molar refractivity (Wildman–Crippen MR) is 67.0 cm³/mol. The summed E-state index contributed by atoms with van der Waals surface area (Å²) < 4.78 is 13.0. The first kappa shape index (κ1) is 14.4. The van der Waals surface area contributed by atoms with Crippen molar-refractivity contribution in [1.82, 2.24) is 0 Å². The van der Waals surface area contributed by atoms with Gasteiger partial charge < -0.3 is 10.4 Å². The Bertz CT molecular complexity index is 412. The lowest BCUT2D eigenvalue weighted by Gasteiger charge is -2.09. The number of nitrogens with one attached hydrogen (secondary N) is 1. The molecule has 0 fully saturated rings. The maximum atomic E-state index is 13.0. The summed E-state index contributed by atoms with van der Waals surface area (Å²) in [7, 11) is 0. The molecule has 18 heavy (non-hydrogen) atoms. The molecule has 0 amide bonds. The molecule has 1 atom stereocenters. The highest BCUT2D eigenvalue weighted by molar-refractivity contribution is 5.61. The molecule has 0 aliphatic heterocycles. The third-order valence-corrected chi connectivity index (χ3v) is 2.66. The molecule has 100 valence electrons. The first-order valence-corrected chi connectivity index (χ1v) is 5.83. The van der Waals surface area contributed by atoms with Crippen LogP contribution in [0.25, 0.3) is 0 Å². The van der Waals surface area contributed by atoms with Crippen molar-refractivity contribution in [1.29, 1.82) is 0 Å². The number of anilines is 1. The molecular weight excluding hydrogens is 239 g/mol. The SMILES string of the molecule is CC(CO)CCCNc1cc(F)ccc1[N+](=O)[O-]. The lowest BCUT2D eigenvalue weighted by atomic mass is 10.1. The lowest BCUT2D eigenvalue weighted by molar-refractivity contribution is -0.384. The number of hydrogen-bond donors (Lipinski definition) is 2. The van der Waals surface area contributed by atoms with E-state index in [2.05, 4.69) is 5.32 Å². The van der Waals surface area contributed by atoms with Crippen LogP contribution < -0.4 is 5.32 Å². The zero-order chi connectivity index (χ0) is 13.5. The highest BCUT2D eigenvalue weighted by Crippen LogP contribution is 2.24. The molecular formula is C12H17FN2O3. The average molecular weight is 256 g/mol. The molecule has 0 spiro atoms. The maximum absolute atomic E-state index is 13.0. The number of nitro groups is 1. The second-order valence-corrected chi connectivity index (χ2v) is 4.28. The summed E-state index contributed by atoms with van der Waals surface area (Å²) >= 11 is 0. The van der Waals surface area contributed by atoms with Gasteiger partial charge in [0.05, 0.1) is 4.92 Å². The maximum Gasteiger partial charge on any atom is 0.292 e. The van der Waals surface area contributed by atoms with Crippen LogP contribution in [0.4, 0.5) is 15.8 Å². The topological polar surface area (TPSA) is 75.4 Å². The van der Waals surface area contributed by atoms with Gasteiger partial charge in [-0.05, 0) is 24.8 Å². The highest BCUT2D eigenvalue weighted by atomic mass is 19.1. The molecule has 5 nitrogen and oxygen atoms in total. The van der Waals surface area contributed by atoms with E-state index < -0.39 is 10.7 Å². The van der Waals surface area contributed by atoms with E-state index in [9.17, 15) is 14.5 Å². The number of aliphatic hydroxyl groups excluding tert-OH is 1. The minimum Gasteiger partial charge on any atom is -0.396 e. The van der Waals surface area contributed by atoms with Crippen LogP contribution >= 0.6 is 0 Å². The summed E-state index contributed by atoms with van der Waals surface area (Å²) in [4.78, 5) is 10.2. The van der Waals surface area contributed by atoms with E-state index in [0.29, 0.717) is 6.54 Å². The fourth-order valence-electron chi connectivity index (χ4n) is 1.57. The summed E-state index contributed by atoms with van der Waals surface area (Å²) in [6, 6.07) is 3.33. The molecule has 6 heteroatoms. The van der Waals surface area contributed by atoms with Crippen molar-refractivity contribution in [3.63, 3.8) is 0 Å². The number of nitro benzene ring substituents is 1. The van der Waals surface area contributed by atoms with Gasteiger partial charge in [0.25, 0.3) is 5.69 Å². The Kier molecular flexibility index (Phi) is 5.51. The van der Waals surface area contributed by atoms with Crippen molar-refractivity contribution in [2.45, 2.75) is 19.8 Å². The first-order chi connectivity index (χ1) is 8.54. The van der Waals surface area contributed by atoms with Crippen molar-refractivity contribution >= 4 is 11.4 Å². The molecule has 0 heterocycles. The van der Waals surface area contributed by atoms with E-state index in [0.717, 1.165) is 31.0 Å². The summed E-state index contributed by atoms with van der Waals surface area (Å²) in [6.07, 6.45) is 1.57. The molecule has 1 unspecified atom stereocenters. The number of nitrogens with zero attached hydrogens (tertiary/aromatic N) is 1. The third-order valence-electron chi connectivity index (χ3n) is 2.66. The Morgan fingerprint density at radius 2 is 2.28 bits per heavy atom. The number of rotatable bonds is 7. The molecule has 1 aromatic rings. The summed E-state index contributed by atoms with van der Waals surface area (Å²) in [5.74, 6) is -0.305. The minimum absolute atomic E-state index is 0.125. The molecule has 0 aliphatic rings. The van der Waals surface area contributed by atoms with Crippen molar-refractivity contribution in [2.75, 3.05) is 18.5 Å². The molecule has 0 aliphatic carbocycles. The molecule has 1 aromatic carbocycles. The molecule has 2 N–H and O–H groups in total. The van der Waals surface area contributed by atoms with Crippen molar-refractivity contribution in [3.8, 4) is 0 Å². The van der Waals surface area contributed by atoms with Gasteiger partial charge >= 0.3 is 0 Å². The van der Waals surface area contributed by atoms with Gasteiger partial charge in [0.1, 0.15) is 11.5 Å². The van der Waals surface area contributed by atoms with Gasteiger partial charge in [-0.3, -0.25) is 10.1 Å². The van der Waals surface area contributed by atoms with E-state index in [1.54, 1.807) is 0 Å². The Labute approximate surface area is 105 Å². The second kappa shape index (κ2) is 6.90. The molecule has 0 saturated heterocycles. The van der Waals surface area contributed by atoms with Gasteiger partial charge in [0.15, 0.2) is 0 Å². The van der Waals surface area contributed by atoms with Crippen molar-refractivity contribution in [2.24, 2.45) is 5.92 Å². The van der Waals surface area contributed by atoms with E-state index in [4.69, 9.17) is 5.11 Å². The Morgan fingerprint density at radius 3 is 2.89 bits per heavy atom. The lowest BCUT2D eigenvalue weighted by Crippen LogP contribution is -2.08. The van der Waals surface area contributed by atoms with Gasteiger partial charge in [-0.1, -0.05) is 6.92 Å². The summed E-state index contributed by atoms with van der Waals surface area (Å²) in [5.41, 5.74) is 0.0586. The number of aliphatic hydroxyl groups is 1. The largest absolute Gasteiger partial charge is 0.396 e. The normalized spacial score (nSPS) is 12.2. The van der Waals surface area contributed by atoms with Gasteiger partial charge in [-0.25, -0.2) is 4.39 Å². The van der Waals surface area contributed by atoms with Crippen LogP contribution in [0.15, 0.2) is 18.2 Å². The highest BCUT2D eigenvalue weighted by Gasteiger charge is 2.13. The average Bonchev–Trinajstić information content (AvgIpc) is 2.34. The standard InChI is InChI=1S/C12H17FN2O3/c1-9(8-16)3-2-6-14-11-7-10(13)4-5-12(11)15(17)18/h4-5,7,9,14,16H,2-3,6,8H2,1H3. The van der Waals surface area contributed by atoms with Crippen molar-refractivity contribution in [3.05, 3.63) is 34.1 Å². The van der Waals surface area contributed by atoms with Gasteiger partial charge in [0, 0.05) is 25.3 Å². The van der Waals surface area contributed by atoms with E-state index >= 15 is 0 Å². The van der Waals surface area contributed by atoms with Crippen LogP contribution in [0.1, 0.15) is 19.8 Å². The molecule has 1 rings (SSSR count). The van der Waals surface area contributed by atoms with Crippen LogP contribution in [0.5, 0.6) is 0 Å². The van der Waals surface area contributed by atoms with Gasteiger partial charge in [-0.2, -0.15) is 0 Å². The van der Waals surface area contributed by atoms with E-state index in [-0.39, 0.29) is 23.9 Å². The zero-order valence-electron chi connectivity index (χ0n) is 10.2. The smallest absolute Gasteiger partial charge is 0.292 e. The van der Waals surface area contributed by atoms with Crippen LogP contribution in [0, 0.1) is 21.8 Å². The fraction of sp³-hybridized carbons (Fsp3) is 0.500. The number of benzene rings is 1. The number of halogens is 1. The zero-order valence-corrected chi connectivity index (χ0v) is 10.2. The van der Waals surface area contributed by atoms with Crippen LogP contribution in [0.2, 0.25) is 0 Å². The molecule has 0 bridgehead atoms. The van der Waals surface area contributed by atoms with E-state index in [1.807, 2.05) is 6.92 Å². The monoisotopic (exact) mass is 256 g/mol. The minimum atomic E-state index is -0.544. The molecule has 0 radical (unpaired) electrons. The van der Waals surface area contributed by atoms with E-state index in [1.165, 1.54) is 0 Å². The first-order valence-electron chi connectivity index (χ1n) is 5.83. The van der Waals surface area contributed by atoms with Crippen LogP contribution in [-0.4, -0.2) is 23.2 Å². The Balaban J connectivity index is 2.55. The number of hydrogen-bond acceptors (Lipinski definition) is 4. The molecule has 0 saturated carbocycles.